The topological polar surface area (TPSA) is 72.8 Å². The van der Waals surface area contributed by atoms with E-state index in [9.17, 15) is 14.7 Å². The Morgan fingerprint density at radius 3 is 2.81 bits per heavy atom. The Morgan fingerprint density at radius 1 is 1.29 bits per heavy atom. The van der Waals surface area contributed by atoms with Crippen LogP contribution in [0.3, 0.4) is 0 Å². The lowest BCUT2D eigenvalue weighted by Gasteiger charge is -2.59. The van der Waals surface area contributed by atoms with Crippen LogP contribution in [-0.4, -0.2) is 35.4 Å². The standard InChI is InChI=1S/C26H36O5/c1-5-30-22(28)18-13-26(31-23(18)29)11-9-19-17-7-6-16-12-15(2)8-10-24(16,3)21(17)20(27)14-25(19,26)4/h6,12,17-21,27H,5,7-11,13-14H2,1-4H3/t17?,18?,19?,20?,21?,24?,25?,26-/m1/s1. The molecule has 1 aliphatic heterocycles. The van der Waals surface area contributed by atoms with E-state index in [1.54, 1.807) is 6.92 Å². The quantitative estimate of drug-likeness (QED) is 0.523. The number of carbonyl (C=O) groups is 2. The molecule has 5 aliphatic rings. The molecule has 0 bridgehead atoms. The van der Waals surface area contributed by atoms with Crippen molar-refractivity contribution < 1.29 is 24.2 Å². The van der Waals surface area contributed by atoms with Gasteiger partial charge in [-0.15, -0.1) is 0 Å². The summed E-state index contributed by atoms with van der Waals surface area (Å²) in [5, 5.41) is 11.6. The molecule has 0 radical (unpaired) electrons. The van der Waals surface area contributed by atoms with Gasteiger partial charge in [-0.2, -0.15) is 0 Å². The van der Waals surface area contributed by atoms with Crippen molar-refractivity contribution in [3.8, 4) is 0 Å². The lowest BCUT2D eigenvalue weighted by molar-refractivity contribution is -0.182. The van der Waals surface area contributed by atoms with Crippen LogP contribution in [0.2, 0.25) is 0 Å². The molecule has 0 aromatic heterocycles. The summed E-state index contributed by atoms with van der Waals surface area (Å²) in [4.78, 5) is 25.1. The van der Waals surface area contributed by atoms with Gasteiger partial charge >= 0.3 is 11.9 Å². The maximum atomic E-state index is 12.7. The third-order valence-electron chi connectivity index (χ3n) is 9.88. The van der Waals surface area contributed by atoms with Crippen LogP contribution in [0.5, 0.6) is 0 Å². The summed E-state index contributed by atoms with van der Waals surface area (Å²) >= 11 is 0. The average Bonchev–Trinajstić information content (AvgIpc) is 3.19. The fourth-order valence-electron chi connectivity index (χ4n) is 8.32. The molecule has 7 unspecified atom stereocenters. The van der Waals surface area contributed by atoms with Crippen LogP contribution in [0.15, 0.2) is 23.3 Å². The van der Waals surface area contributed by atoms with Crippen molar-refractivity contribution in [1.29, 1.82) is 0 Å². The maximum absolute atomic E-state index is 12.7. The number of allylic oxidation sites excluding steroid dienone is 4. The molecule has 0 aromatic carbocycles. The van der Waals surface area contributed by atoms with Crippen LogP contribution in [0.4, 0.5) is 0 Å². The van der Waals surface area contributed by atoms with E-state index in [1.165, 1.54) is 11.1 Å². The number of ether oxygens (including phenoxy) is 2. The summed E-state index contributed by atoms with van der Waals surface area (Å²) in [5.41, 5.74) is 1.87. The zero-order valence-electron chi connectivity index (χ0n) is 19.3. The molecule has 31 heavy (non-hydrogen) atoms. The van der Waals surface area contributed by atoms with Gasteiger partial charge in [-0.3, -0.25) is 9.59 Å². The SMILES string of the molecule is CCOC(=O)C1C[C@@]2(CCC3C4CC=C5C=C(C)CCC5(C)C4C(O)CC32C)OC1=O. The second kappa shape index (κ2) is 6.94. The summed E-state index contributed by atoms with van der Waals surface area (Å²) in [5.74, 6) is -0.726. The highest BCUT2D eigenvalue weighted by Gasteiger charge is 2.70. The van der Waals surface area contributed by atoms with Crippen molar-refractivity contribution in [2.75, 3.05) is 6.61 Å². The molecular formula is C26H36O5. The van der Waals surface area contributed by atoms with Crippen LogP contribution < -0.4 is 0 Å². The summed E-state index contributed by atoms with van der Waals surface area (Å²) < 4.78 is 11.2. The van der Waals surface area contributed by atoms with E-state index in [4.69, 9.17) is 9.47 Å². The molecule has 1 spiro atoms. The fourth-order valence-corrected chi connectivity index (χ4v) is 8.32. The first-order valence-electron chi connectivity index (χ1n) is 12.1. The van der Waals surface area contributed by atoms with Crippen LogP contribution >= 0.6 is 0 Å². The molecule has 1 heterocycles. The molecule has 3 fully saturated rings. The van der Waals surface area contributed by atoms with E-state index in [-0.39, 0.29) is 23.4 Å². The summed E-state index contributed by atoms with van der Waals surface area (Å²) in [6.45, 7) is 8.78. The number of hydrogen-bond acceptors (Lipinski definition) is 5. The zero-order chi connectivity index (χ0) is 22.2. The minimum Gasteiger partial charge on any atom is -0.465 e. The number of aliphatic hydroxyl groups excluding tert-OH is 1. The molecule has 5 rings (SSSR count). The van der Waals surface area contributed by atoms with Crippen LogP contribution in [0, 0.1) is 34.5 Å². The van der Waals surface area contributed by atoms with E-state index in [0.29, 0.717) is 24.7 Å². The average molecular weight is 429 g/mol. The van der Waals surface area contributed by atoms with Gasteiger partial charge in [0.05, 0.1) is 12.7 Å². The molecule has 4 aliphatic carbocycles. The Balaban J connectivity index is 1.48. The highest BCUT2D eigenvalue weighted by atomic mass is 16.6. The van der Waals surface area contributed by atoms with E-state index in [1.807, 2.05) is 0 Å². The molecule has 1 N–H and O–H groups in total. The van der Waals surface area contributed by atoms with E-state index >= 15 is 0 Å². The third-order valence-corrected chi connectivity index (χ3v) is 9.88. The summed E-state index contributed by atoms with van der Waals surface area (Å²) in [6.07, 6.45) is 10.3. The molecule has 2 saturated carbocycles. The Morgan fingerprint density at radius 2 is 2.06 bits per heavy atom. The second-order valence-corrected chi connectivity index (χ2v) is 11.3. The van der Waals surface area contributed by atoms with Gasteiger partial charge in [0.25, 0.3) is 0 Å². The molecule has 8 atom stereocenters. The van der Waals surface area contributed by atoms with Crippen molar-refractivity contribution >= 4 is 11.9 Å². The molecule has 170 valence electrons. The maximum Gasteiger partial charge on any atom is 0.321 e. The van der Waals surface area contributed by atoms with Gasteiger partial charge in [-0.25, -0.2) is 0 Å². The Kier molecular flexibility index (Phi) is 4.75. The predicted octanol–water partition coefficient (Wildman–Crippen LogP) is 4.34. The van der Waals surface area contributed by atoms with Crippen molar-refractivity contribution in [1.82, 2.24) is 0 Å². The summed E-state index contributed by atoms with van der Waals surface area (Å²) in [6, 6.07) is 0. The zero-order valence-corrected chi connectivity index (χ0v) is 19.3. The van der Waals surface area contributed by atoms with E-state index in [2.05, 4.69) is 32.9 Å². The van der Waals surface area contributed by atoms with Gasteiger partial charge in [0.2, 0.25) is 0 Å². The van der Waals surface area contributed by atoms with Gasteiger partial charge in [0, 0.05) is 11.8 Å². The molecular weight excluding hydrogens is 392 g/mol. The highest BCUT2D eigenvalue weighted by molar-refractivity contribution is 5.96. The van der Waals surface area contributed by atoms with Crippen molar-refractivity contribution in [2.45, 2.75) is 84.3 Å². The predicted molar refractivity (Wildman–Crippen MR) is 116 cm³/mol. The van der Waals surface area contributed by atoms with Gasteiger partial charge in [-0.1, -0.05) is 31.6 Å². The lowest BCUT2D eigenvalue weighted by Crippen LogP contribution is -2.59. The first-order valence-corrected chi connectivity index (χ1v) is 12.1. The Bertz CT molecular complexity index is 873. The van der Waals surface area contributed by atoms with Crippen molar-refractivity contribution in [2.24, 2.45) is 34.5 Å². The number of aliphatic hydroxyl groups is 1. The molecule has 0 aromatic rings. The molecule has 5 nitrogen and oxygen atoms in total. The minimum absolute atomic E-state index is 0.0126. The highest BCUT2D eigenvalue weighted by Crippen LogP contribution is 2.69. The fraction of sp³-hybridized carbons (Fsp3) is 0.769. The first-order chi connectivity index (χ1) is 14.6. The van der Waals surface area contributed by atoms with E-state index < -0.39 is 29.6 Å². The number of hydrogen-bond donors (Lipinski definition) is 1. The lowest BCUT2D eigenvalue weighted by atomic mass is 9.46. The third kappa shape index (κ3) is 2.77. The monoisotopic (exact) mass is 428 g/mol. The van der Waals surface area contributed by atoms with Crippen LogP contribution in [0.1, 0.15) is 72.6 Å². The van der Waals surface area contributed by atoms with Crippen molar-refractivity contribution in [3.05, 3.63) is 23.3 Å². The second-order valence-electron chi connectivity index (χ2n) is 11.3. The minimum atomic E-state index is -0.827. The van der Waals surface area contributed by atoms with Crippen LogP contribution in [0.25, 0.3) is 0 Å². The number of fused-ring (bicyclic) bond motifs is 6. The van der Waals surface area contributed by atoms with E-state index in [0.717, 1.165) is 32.1 Å². The summed E-state index contributed by atoms with van der Waals surface area (Å²) in [7, 11) is 0. The normalized spacial score (nSPS) is 48.3. The van der Waals surface area contributed by atoms with Gasteiger partial charge in [0.15, 0.2) is 5.92 Å². The molecule has 1 saturated heterocycles. The smallest absolute Gasteiger partial charge is 0.321 e. The number of carbonyl (C=O) groups excluding carboxylic acids is 2. The Hall–Kier alpha value is -1.62. The number of rotatable bonds is 2. The van der Waals surface area contributed by atoms with Gasteiger partial charge in [-0.05, 0) is 81.1 Å². The van der Waals surface area contributed by atoms with Gasteiger partial charge < -0.3 is 14.6 Å². The van der Waals surface area contributed by atoms with Gasteiger partial charge in [0.1, 0.15) is 5.60 Å². The largest absolute Gasteiger partial charge is 0.465 e. The molecule has 0 amide bonds. The number of esters is 2. The first kappa shape index (κ1) is 21.2. The van der Waals surface area contributed by atoms with Crippen molar-refractivity contribution in [3.63, 3.8) is 0 Å². The van der Waals surface area contributed by atoms with Crippen LogP contribution in [-0.2, 0) is 19.1 Å². The Labute approximate surface area is 185 Å². The molecule has 5 heteroatoms.